The number of hydrogen-bond acceptors (Lipinski definition) is 7. The largest absolute Gasteiger partial charge is 0.488 e. The number of amides is 1. The van der Waals surface area contributed by atoms with Crippen molar-refractivity contribution < 1.29 is 14.3 Å². The molecule has 2 aliphatic rings. The number of nitrogens with zero attached hydrogens (tertiary/aromatic N) is 4. The monoisotopic (exact) mass is 436 g/mol. The first-order valence-corrected chi connectivity index (χ1v) is 11.1. The molecule has 4 heterocycles. The molecule has 5 rings (SSSR count). The number of carbonyl (C=O) groups is 1. The smallest absolute Gasteiger partial charge is 0.226 e. The predicted molar refractivity (Wildman–Crippen MR) is 121 cm³/mol. The molecule has 32 heavy (non-hydrogen) atoms. The maximum Gasteiger partial charge on any atom is 0.226 e. The molecule has 0 radical (unpaired) electrons. The molecule has 0 unspecified atom stereocenters. The van der Waals surface area contributed by atoms with E-state index < -0.39 is 0 Å². The molecule has 1 amide bonds. The van der Waals surface area contributed by atoms with Crippen molar-refractivity contribution in [2.45, 2.75) is 32.3 Å². The SMILES string of the molecule is COC[C@H](C)Oc1ccc2[nH]nc(-c3cc(N4CCC5(CCNC5=O)CC4)ncn3)c2c1. The van der Waals surface area contributed by atoms with Gasteiger partial charge in [0.15, 0.2) is 0 Å². The Morgan fingerprint density at radius 3 is 2.78 bits per heavy atom. The molecule has 1 aromatic carbocycles. The van der Waals surface area contributed by atoms with Gasteiger partial charge in [-0.1, -0.05) is 0 Å². The summed E-state index contributed by atoms with van der Waals surface area (Å²) in [6.07, 6.45) is 4.16. The summed E-state index contributed by atoms with van der Waals surface area (Å²) in [6.45, 7) is 4.89. The molecule has 2 N–H and O–H groups in total. The molecule has 0 saturated carbocycles. The van der Waals surface area contributed by atoms with Crippen molar-refractivity contribution in [3.63, 3.8) is 0 Å². The lowest BCUT2D eigenvalue weighted by Gasteiger charge is -2.37. The van der Waals surface area contributed by atoms with E-state index in [0.29, 0.717) is 6.61 Å². The van der Waals surface area contributed by atoms with Gasteiger partial charge in [-0.15, -0.1) is 0 Å². The van der Waals surface area contributed by atoms with E-state index in [9.17, 15) is 4.79 Å². The van der Waals surface area contributed by atoms with E-state index in [1.165, 1.54) is 0 Å². The molecule has 9 heteroatoms. The van der Waals surface area contributed by atoms with Gasteiger partial charge in [-0.2, -0.15) is 5.10 Å². The molecule has 168 valence electrons. The minimum atomic E-state index is -0.193. The van der Waals surface area contributed by atoms with Gasteiger partial charge in [-0.05, 0) is 44.4 Å². The van der Waals surface area contributed by atoms with E-state index in [4.69, 9.17) is 9.47 Å². The van der Waals surface area contributed by atoms with Gasteiger partial charge in [0.25, 0.3) is 0 Å². The van der Waals surface area contributed by atoms with Crippen LogP contribution < -0.4 is 15.0 Å². The molecule has 1 atom stereocenters. The second-order valence-corrected chi connectivity index (χ2v) is 8.70. The fraction of sp³-hybridized carbons (Fsp3) is 0.478. The number of methoxy groups -OCH3 is 1. The second-order valence-electron chi connectivity index (χ2n) is 8.70. The first kappa shape index (κ1) is 20.7. The third-order valence-corrected chi connectivity index (χ3v) is 6.58. The van der Waals surface area contributed by atoms with Crippen LogP contribution in [0.25, 0.3) is 22.3 Å². The van der Waals surface area contributed by atoms with Crippen LogP contribution in [0.1, 0.15) is 26.2 Å². The number of nitrogens with one attached hydrogen (secondary N) is 2. The molecule has 0 aliphatic carbocycles. The Labute approximate surface area is 186 Å². The molecule has 2 aliphatic heterocycles. The van der Waals surface area contributed by atoms with Gasteiger partial charge in [-0.25, -0.2) is 9.97 Å². The van der Waals surface area contributed by atoms with Gasteiger partial charge >= 0.3 is 0 Å². The molecular formula is C23H28N6O3. The molecular weight excluding hydrogens is 408 g/mol. The summed E-state index contributed by atoms with van der Waals surface area (Å²) in [6, 6.07) is 7.83. The Balaban J connectivity index is 1.38. The number of aromatic amines is 1. The number of rotatable bonds is 6. The Hall–Kier alpha value is -3.20. The molecule has 1 spiro atoms. The molecule has 2 fully saturated rings. The standard InChI is InChI=1S/C23H28N6O3/c1-15(13-31-2)32-16-3-4-18-17(11-16)21(28-27-18)19-12-20(26-14-25-19)29-9-6-23(7-10-29)5-8-24-22(23)30/h3-4,11-12,14-15H,5-10,13H2,1-2H3,(H,24,30)(H,27,28)/t15-/m0/s1. The zero-order valence-electron chi connectivity index (χ0n) is 18.4. The summed E-state index contributed by atoms with van der Waals surface area (Å²) in [5.74, 6) is 1.83. The lowest BCUT2D eigenvalue weighted by Crippen LogP contribution is -2.44. The second kappa shape index (κ2) is 8.38. The minimum Gasteiger partial charge on any atom is -0.488 e. The van der Waals surface area contributed by atoms with Crippen LogP contribution in [0, 0.1) is 5.41 Å². The molecule has 3 aromatic rings. The number of fused-ring (bicyclic) bond motifs is 1. The number of hydrogen-bond donors (Lipinski definition) is 2. The van der Waals surface area contributed by atoms with E-state index in [1.54, 1.807) is 13.4 Å². The van der Waals surface area contributed by atoms with Crippen LogP contribution in [0.4, 0.5) is 5.82 Å². The van der Waals surface area contributed by atoms with Crippen LogP contribution in [0.2, 0.25) is 0 Å². The van der Waals surface area contributed by atoms with E-state index >= 15 is 0 Å². The van der Waals surface area contributed by atoms with Gasteiger partial charge in [0.1, 0.15) is 29.7 Å². The maximum absolute atomic E-state index is 12.3. The van der Waals surface area contributed by atoms with Crippen molar-refractivity contribution in [1.29, 1.82) is 0 Å². The lowest BCUT2D eigenvalue weighted by atomic mass is 9.77. The third-order valence-electron chi connectivity index (χ3n) is 6.58. The number of benzene rings is 1. The van der Waals surface area contributed by atoms with Gasteiger partial charge < -0.3 is 19.7 Å². The summed E-state index contributed by atoms with van der Waals surface area (Å²) >= 11 is 0. The molecule has 9 nitrogen and oxygen atoms in total. The number of carbonyl (C=O) groups excluding carboxylic acids is 1. The molecule has 2 saturated heterocycles. The first-order chi connectivity index (χ1) is 15.6. The van der Waals surface area contributed by atoms with Crippen LogP contribution in [-0.4, -0.2) is 65.5 Å². The highest BCUT2D eigenvalue weighted by atomic mass is 16.5. The van der Waals surface area contributed by atoms with Crippen molar-refractivity contribution in [2.24, 2.45) is 5.41 Å². The van der Waals surface area contributed by atoms with Gasteiger partial charge in [0.2, 0.25) is 5.91 Å². The van der Waals surface area contributed by atoms with Crippen LogP contribution in [0.15, 0.2) is 30.6 Å². The molecule has 2 aromatic heterocycles. The fourth-order valence-corrected chi connectivity index (χ4v) is 4.77. The van der Waals surface area contributed by atoms with Crippen molar-refractivity contribution in [3.05, 3.63) is 30.6 Å². The highest BCUT2D eigenvalue weighted by molar-refractivity contribution is 5.93. The number of aromatic nitrogens is 4. The summed E-state index contributed by atoms with van der Waals surface area (Å²) in [5.41, 5.74) is 2.24. The highest BCUT2D eigenvalue weighted by Gasteiger charge is 2.44. The predicted octanol–water partition coefficient (Wildman–Crippen LogP) is 2.54. The van der Waals surface area contributed by atoms with Gasteiger partial charge in [-0.3, -0.25) is 9.89 Å². The summed E-state index contributed by atoms with van der Waals surface area (Å²) in [4.78, 5) is 23.5. The average molecular weight is 437 g/mol. The van der Waals surface area contributed by atoms with Crippen LogP contribution in [0.3, 0.4) is 0 Å². The summed E-state index contributed by atoms with van der Waals surface area (Å²) in [5, 5.41) is 11.5. The topological polar surface area (TPSA) is 105 Å². The van der Waals surface area contributed by atoms with E-state index in [0.717, 1.165) is 72.8 Å². The van der Waals surface area contributed by atoms with Crippen LogP contribution >= 0.6 is 0 Å². The van der Waals surface area contributed by atoms with Crippen LogP contribution in [-0.2, 0) is 9.53 Å². The van der Waals surface area contributed by atoms with Crippen molar-refractivity contribution in [1.82, 2.24) is 25.5 Å². The Bertz CT molecular complexity index is 1120. The Morgan fingerprint density at radius 1 is 1.19 bits per heavy atom. The number of piperidine rings is 1. The van der Waals surface area contributed by atoms with E-state index in [1.807, 2.05) is 31.2 Å². The van der Waals surface area contributed by atoms with Crippen molar-refractivity contribution in [3.8, 4) is 17.1 Å². The van der Waals surface area contributed by atoms with Crippen molar-refractivity contribution >= 4 is 22.6 Å². The van der Waals surface area contributed by atoms with E-state index in [2.05, 4.69) is 30.4 Å². The zero-order valence-corrected chi connectivity index (χ0v) is 18.4. The lowest BCUT2D eigenvalue weighted by molar-refractivity contribution is -0.128. The van der Waals surface area contributed by atoms with Crippen molar-refractivity contribution in [2.75, 3.05) is 38.3 Å². The minimum absolute atomic E-state index is 0.0530. The Morgan fingerprint density at radius 2 is 2.03 bits per heavy atom. The normalized spacial score (nSPS) is 18.8. The quantitative estimate of drug-likeness (QED) is 0.612. The highest BCUT2D eigenvalue weighted by Crippen LogP contribution is 2.39. The number of anilines is 1. The average Bonchev–Trinajstić information content (AvgIpc) is 3.38. The Kier molecular flexibility index (Phi) is 5.42. The molecule has 0 bridgehead atoms. The summed E-state index contributed by atoms with van der Waals surface area (Å²) in [7, 11) is 1.66. The van der Waals surface area contributed by atoms with Gasteiger partial charge in [0.05, 0.1) is 23.2 Å². The first-order valence-electron chi connectivity index (χ1n) is 11.1. The van der Waals surface area contributed by atoms with E-state index in [-0.39, 0.29) is 17.4 Å². The maximum atomic E-state index is 12.3. The third kappa shape index (κ3) is 3.77. The van der Waals surface area contributed by atoms with Crippen LogP contribution in [0.5, 0.6) is 5.75 Å². The number of H-pyrrole nitrogens is 1. The zero-order chi connectivity index (χ0) is 22.1. The fourth-order valence-electron chi connectivity index (χ4n) is 4.77. The van der Waals surface area contributed by atoms with Gasteiger partial charge in [0, 0.05) is 38.2 Å². The summed E-state index contributed by atoms with van der Waals surface area (Å²) < 4.78 is 11.1. The number of ether oxygens (including phenoxy) is 2.